The van der Waals surface area contributed by atoms with E-state index in [1.165, 1.54) is 12.1 Å². The Morgan fingerprint density at radius 1 is 0.947 bits per heavy atom. The van der Waals surface area contributed by atoms with Gasteiger partial charge in [0.1, 0.15) is 17.4 Å². The third-order valence-corrected chi connectivity index (χ3v) is 2.87. The molecule has 0 saturated carbocycles. The molecule has 2 aromatic rings. The van der Waals surface area contributed by atoms with E-state index in [0.717, 1.165) is 12.8 Å². The van der Waals surface area contributed by atoms with Gasteiger partial charge >= 0.3 is 0 Å². The Labute approximate surface area is 111 Å². The maximum absolute atomic E-state index is 14.0. The summed E-state index contributed by atoms with van der Waals surface area (Å²) in [6, 6.07) is 10.7. The molecule has 0 N–H and O–H groups in total. The number of unbranched alkanes of at least 4 members (excludes halogenated alkanes) is 1. The smallest absolute Gasteiger partial charge is 0.134 e. The SMILES string of the molecule is CCCCOc1ccc(-c2ccccc2F)c(F)c1. The maximum atomic E-state index is 14.0. The molecule has 0 spiro atoms. The quantitative estimate of drug-likeness (QED) is 0.702. The highest BCUT2D eigenvalue weighted by molar-refractivity contribution is 5.65. The number of halogens is 2. The average Bonchev–Trinajstić information content (AvgIpc) is 2.40. The molecule has 1 nitrogen and oxygen atoms in total. The highest BCUT2D eigenvalue weighted by Gasteiger charge is 2.10. The molecule has 2 rings (SSSR count). The van der Waals surface area contributed by atoms with Crippen molar-refractivity contribution in [3.8, 4) is 16.9 Å². The van der Waals surface area contributed by atoms with Crippen LogP contribution in [0, 0.1) is 11.6 Å². The van der Waals surface area contributed by atoms with Gasteiger partial charge < -0.3 is 4.74 Å². The van der Waals surface area contributed by atoms with Crippen LogP contribution in [0.3, 0.4) is 0 Å². The summed E-state index contributed by atoms with van der Waals surface area (Å²) >= 11 is 0. The molecular formula is C16H16F2O. The lowest BCUT2D eigenvalue weighted by Gasteiger charge is -2.09. The van der Waals surface area contributed by atoms with Crippen molar-refractivity contribution >= 4 is 0 Å². The highest BCUT2D eigenvalue weighted by atomic mass is 19.1. The third-order valence-electron chi connectivity index (χ3n) is 2.87. The molecule has 3 heteroatoms. The molecule has 0 aliphatic heterocycles. The molecule has 0 saturated heterocycles. The first-order valence-electron chi connectivity index (χ1n) is 6.39. The predicted molar refractivity (Wildman–Crippen MR) is 72.2 cm³/mol. The Morgan fingerprint density at radius 3 is 2.37 bits per heavy atom. The van der Waals surface area contributed by atoms with Crippen molar-refractivity contribution in [3.05, 3.63) is 54.1 Å². The fourth-order valence-electron chi connectivity index (χ4n) is 1.82. The van der Waals surface area contributed by atoms with Gasteiger partial charge in [-0.1, -0.05) is 31.5 Å². The third kappa shape index (κ3) is 3.31. The molecule has 0 bridgehead atoms. The summed E-state index contributed by atoms with van der Waals surface area (Å²) in [5, 5.41) is 0. The molecule has 0 radical (unpaired) electrons. The molecule has 0 aliphatic rings. The van der Waals surface area contributed by atoms with Crippen LogP contribution in [0.25, 0.3) is 11.1 Å². The molecule has 19 heavy (non-hydrogen) atoms. The first kappa shape index (κ1) is 13.5. The van der Waals surface area contributed by atoms with Crippen molar-refractivity contribution in [2.24, 2.45) is 0 Å². The van der Waals surface area contributed by atoms with Crippen molar-refractivity contribution in [3.63, 3.8) is 0 Å². The lowest BCUT2D eigenvalue weighted by Crippen LogP contribution is -1.97. The number of hydrogen-bond acceptors (Lipinski definition) is 1. The van der Waals surface area contributed by atoms with E-state index in [-0.39, 0.29) is 11.1 Å². The van der Waals surface area contributed by atoms with E-state index in [9.17, 15) is 8.78 Å². The van der Waals surface area contributed by atoms with Gasteiger partial charge in [0.25, 0.3) is 0 Å². The van der Waals surface area contributed by atoms with Crippen LogP contribution in [0.15, 0.2) is 42.5 Å². The minimum Gasteiger partial charge on any atom is -0.493 e. The molecule has 0 aliphatic carbocycles. The van der Waals surface area contributed by atoms with Crippen LogP contribution in [0.4, 0.5) is 8.78 Å². The van der Waals surface area contributed by atoms with Gasteiger partial charge in [-0.15, -0.1) is 0 Å². The van der Waals surface area contributed by atoms with Gasteiger partial charge in [-0.25, -0.2) is 8.78 Å². The van der Waals surface area contributed by atoms with E-state index in [4.69, 9.17) is 4.74 Å². The summed E-state index contributed by atoms with van der Waals surface area (Å²) < 4.78 is 33.0. The zero-order chi connectivity index (χ0) is 13.7. The molecule has 0 unspecified atom stereocenters. The van der Waals surface area contributed by atoms with Crippen LogP contribution >= 0.6 is 0 Å². The number of benzene rings is 2. The number of hydrogen-bond donors (Lipinski definition) is 0. The topological polar surface area (TPSA) is 9.23 Å². The summed E-state index contributed by atoms with van der Waals surface area (Å²) in [5.74, 6) is -0.425. The van der Waals surface area contributed by atoms with Gasteiger partial charge in [0.15, 0.2) is 0 Å². The molecule has 0 amide bonds. The fraction of sp³-hybridized carbons (Fsp3) is 0.250. The van der Waals surface area contributed by atoms with Crippen LogP contribution in [-0.2, 0) is 0 Å². The van der Waals surface area contributed by atoms with Crippen LogP contribution in [0.1, 0.15) is 19.8 Å². The van der Waals surface area contributed by atoms with Crippen molar-refractivity contribution in [1.82, 2.24) is 0 Å². The van der Waals surface area contributed by atoms with Crippen LogP contribution in [-0.4, -0.2) is 6.61 Å². The molecule has 2 aromatic carbocycles. The highest BCUT2D eigenvalue weighted by Crippen LogP contribution is 2.28. The maximum Gasteiger partial charge on any atom is 0.134 e. The van der Waals surface area contributed by atoms with Gasteiger partial charge in [-0.05, 0) is 24.6 Å². The Morgan fingerprint density at radius 2 is 1.68 bits per heavy atom. The molecule has 0 atom stereocenters. The lowest BCUT2D eigenvalue weighted by molar-refractivity contribution is 0.308. The average molecular weight is 262 g/mol. The van der Waals surface area contributed by atoms with Crippen molar-refractivity contribution in [1.29, 1.82) is 0 Å². The standard InChI is InChI=1S/C16H16F2O/c1-2-3-10-19-12-8-9-14(16(18)11-12)13-6-4-5-7-15(13)17/h4-9,11H,2-3,10H2,1H3. The molecule has 0 heterocycles. The van der Waals surface area contributed by atoms with E-state index in [2.05, 4.69) is 6.92 Å². The second-order valence-corrected chi connectivity index (χ2v) is 4.32. The van der Waals surface area contributed by atoms with Crippen molar-refractivity contribution in [2.75, 3.05) is 6.61 Å². The zero-order valence-electron chi connectivity index (χ0n) is 10.8. The van der Waals surface area contributed by atoms with E-state index in [1.807, 2.05) is 0 Å². The van der Waals surface area contributed by atoms with E-state index in [1.54, 1.807) is 30.3 Å². The minimum atomic E-state index is -0.473. The summed E-state index contributed by atoms with van der Waals surface area (Å²) in [6.45, 7) is 2.63. The number of ether oxygens (including phenoxy) is 1. The Balaban J connectivity index is 2.22. The molecular weight excluding hydrogens is 246 g/mol. The monoisotopic (exact) mass is 262 g/mol. The fourth-order valence-corrected chi connectivity index (χ4v) is 1.82. The summed E-state index contributed by atoms with van der Waals surface area (Å²) in [7, 11) is 0. The van der Waals surface area contributed by atoms with Gasteiger partial charge in [-0.3, -0.25) is 0 Å². The van der Waals surface area contributed by atoms with Gasteiger partial charge in [0.05, 0.1) is 6.61 Å². The summed E-state index contributed by atoms with van der Waals surface area (Å²) in [4.78, 5) is 0. The predicted octanol–water partition coefficient (Wildman–Crippen LogP) is 4.81. The first-order valence-corrected chi connectivity index (χ1v) is 6.39. The first-order chi connectivity index (χ1) is 9.22. The lowest BCUT2D eigenvalue weighted by atomic mass is 10.0. The van der Waals surface area contributed by atoms with Crippen LogP contribution < -0.4 is 4.74 Å². The van der Waals surface area contributed by atoms with Crippen LogP contribution in [0.5, 0.6) is 5.75 Å². The van der Waals surface area contributed by atoms with Gasteiger partial charge in [-0.2, -0.15) is 0 Å². The molecule has 0 fully saturated rings. The molecule has 0 aromatic heterocycles. The zero-order valence-corrected chi connectivity index (χ0v) is 10.8. The van der Waals surface area contributed by atoms with Crippen LogP contribution in [0.2, 0.25) is 0 Å². The summed E-state index contributed by atoms with van der Waals surface area (Å²) in [6.07, 6.45) is 1.95. The van der Waals surface area contributed by atoms with E-state index in [0.29, 0.717) is 12.4 Å². The Hall–Kier alpha value is -1.90. The van der Waals surface area contributed by atoms with Crippen molar-refractivity contribution < 1.29 is 13.5 Å². The van der Waals surface area contributed by atoms with Crippen molar-refractivity contribution in [2.45, 2.75) is 19.8 Å². The minimum absolute atomic E-state index is 0.251. The Bertz CT molecular complexity index is 552. The normalized spacial score (nSPS) is 10.5. The molecule has 100 valence electrons. The van der Waals surface area contributed by atoms with E-state index >= 15 is 0 Å². The second-order valence-electron chi connectivity index (χ2n) is 4.32. The second kappa shape index (κ2) is 6.32. The van der Waals surface area contributed by atoms with Gasteiger partial charge in [0, 0.05) is 17.2 Å². The van der Waals surface area contributed by atoms with E-state index < -0.39 is 11.6 Å². The summed E-state index contributed by atoms with van der Waals surface area (Å²) in [5.41, 5.74) is 0.515. The number of rotatable bonds is 5. The Kier molecular flexibility index (Phi) is 4.50. The van der Waals surface area contributed by atoms with Gasteiger partial charge in [0.2, 0.25) is 0 Å². The largest absolute Gasteiger partial charge is 0.493 e.